The lowest BCUT2D eigenvalue weighted by molar-refractivity contribution is 0.723. The molecule has 0 nitrogen and oxygen atoms in total. The molecule has 0 atom stereocenters. The number of hydrogen-bond acceptors (Lipinski definition) is 0. The maximum absolute atomic E-state index is 3.77. The Kier molecular flexibility index (Phi) is 13.0. The summed E-state index contributed by atoms with van der Waals surface area (Å²) in [6.45, 7) is 6.02. The third-order valence-electron chi connectivity index (χ3n) is 2.47. The first-order valence-corrected chi connectivity index (χ1v) is 6.51. The number of rotatable bonds is 10. The highest BCUT2D eigenvalue weighted by molar-refractivity contribution is 4.84. The molecular weight excluding hydrogens is 180 g/mol. The van der Waals surface area contributed by atoms with E-state index in [2.05, 4.69) is 38.2 Å². The topological polar surface area (TPSA) is 0 Å². The predicted molar refractivity (Wildman–Crippen MR) is 70.9 cm³/mol. The van der Waals surface area contributed by atoms with Crippen LogP contribution in [0.4, 0.5) is 0 Å². The van der Waals surface area contributed by atoms with E-state index in [1.165, 1.54) is 51.4 Å². The fraction of sp³-hybridized carbons (Fsp3) is 0.667. The number of hydrogen-bond donors (Lipinski definition) is 0. The van der Waals surface area contributed by atoms with Crippen molar-refractivity contribution in [1.82, 2.24) is 0 Å². The zero-order chi connectivity index (χ0) is 11.2. The molecule has 0 N–H and O–H groups in total. The highest BCUT2D eigenvalue weighted by Gasteiger charge is 1.84. The van der Waals surface area contributed by atoms with Crippen LogP contribution in [0.2, 0.25) is 0 Å². The van der Waals surface area contributed by atoms with Gasteiger partial charge < -0.3 is 0 Å². The molecule has 0 unspecified atom stereocenters. The zero-order valence-corrected chi connectivity index (χ0v) is 10.4. The zero-order valence-electron chi connectivity index (χ0n) is 10.4. The number of allylic oxidation sites excluding steroid dienone is 4. The molecule has 0 aliphatic heterocycles. The molecule has 0 aromatic carbocycles. The molecule has 0 aliphatic rings. The van der Waals surface area contributed by atoms with E-state index in [0.29, 0.717) is 0 Å². The van der Waals surface area contributed by atoms with Gasteiger partial charge in [0, 0.05) is 0 Å². The van der Waals surface area contributed by atoms with E-state index in [1.807, 2.05) is 0 Å². The van der Waals surface area contributed by atoms with Gasteiger partial charge in [0.15, 0.2) is 0 Å². The standard InChI is InChI=1S/C15H27/c1-3-5-7-9-11-13-15-14-12-10-8-6-4-2/h5,7,12,14H,1,3-4,6,8-11,13,15H2,2H3. The van der Waals surface area contributed by atoms with Crippen molar-refractivity contribution in [2.75, 3.05) is 0 Å². The van der Waals surface area contributed by atoms with Gasteiger partial charge in [0.25, 0.3) is 0 Å². The van der Waals surface area contributed by atoms with Gasteiger partial charge in [-0.2, -0.15) is 0 Å². The van der Waals surface area contributed by atoms with E-state index in [4.69, 9.17) is 0 Å². The fourth-order valence-corrected chi connectivity index (χ4v) is 1.51. The molecule has 0 amide bonds. The molecule has 0 aromatic heterocycles. The molecule has 0 saturated carbocycles. The first kappa shape index (κ1) is 14.5. The molecule has 15 heavy (non-hydrogen) atoms. The number of unbranched alkanes of at least 4 members (excludes halogenated alkanes) is 6. The summed E-state index contributed by atoms with van der Waals surface area (Å²) in [7, 11) is 0. The molecule has 0 aromatic rings. The van der Waals surface area contributed by atoms with Gasteiger partial charge in [-0.25, -0.2) is 0 Å². The van der Waals surface area contributed by atoms with Crippen LogP contribution in [0.25, 0.3) is 0 Å². The second-order valence-corrected chi connectivity index (χ2v) is 4.01. The molecule has 0 heteroatoms. The summed E-state index contributed by atoms with van der Waals surface area (Å²) >= 11 is 0. The smallest absolute Gasteiger partial charge is 0.0351 e. The van der Waals surface area contributed by atoms with Gasteiger partial charge in [0.2, 0.25) is 0 Å². The Balaban J connectivity index is 3.06. The normalized spacial score (nSPS) is 11.9. The van der Waals surface area contributed by atoms with Gasteiger partial charge in [0.05, 0.1) is 0 Å². The van der Waals surface area contributed by atoms with Crippen molar-refractivity contribution in [3.05, 3.63) is 31.2 Å². The molecule has 0 saturated heterocycles. The summed E-state index contributed by atoms with van der Waals surface area (Å²) in [5.41, 5.74) is 0. The van der Waals surface area contributed by atoms with Crippen molar-refractivity contribution in [2.24, 2.45) is 0 Å². The molecule has 0 fully saturated rings. The summed E-state index contributed by atoms with van der Waals surface area (Å²) in [6, 6.07) is 0. The molecule has 0 spiro atoms. The van der Waals surface area contributed by atoms with Crippen LogP contribution < -0.4 is 0 Å². The monoisotopic (exact) mass is 207 g/mol. The Labute approximate surface area is 96.5 Å². The third-order valence-corrected chi connectivity index (χ3v) is 2.47. The molecule has 1 radical (unpaired) electrons. The highest BCUT2D eigenvalue weighted by atomic mass is 13.9. The van der Waals surface area contributed by atoms with Crippen molar-refractivity contribution < 1.29 is 0 Å². The molecule has 0 heterocycles. The summed E-state index contributed by atoms with van der Waals surface area (Å²) in [4.78, 5) is 0. The van der Waals surface area contributed by atoms with Crippen LogP contribution in [-0.4, -0.2) is 0 Å². The lowest BCUT2D eigenvalue weighted by atomic mass is 10.1. The Morgan fingerprint density at radius 1 is 0.733 bits per heavy atom. The Hall–Kier alpha value is -0.520. The van der Waals surface area contributed by atoms with Crippen LogP contribution in [-0.2, 0) is 0 Å². The van der Waals surface area contributed by atoms with Gasteiger partial charge in [-0.15, -0.1) is 0 Å². The van der Waals surface area contributed by atoms with Crippen molar-refractivity contribution in [3.8, 4) is 0 Å². The van der Waals surface area contributed by atoms with Crippen LogP contribution in [0.5, 0.6) is 0 Å². The quantitative estimate of drug-likeness (QED) is 0.329. The van der Waals surface area contributed by atoms with E-state index in [9.17, 15) is 0 Å². The van der Waals surface area contributed by atoms with Crippen molar-refractivity contribution in [1.29, 1.82) is 0 Å². The molecule has 87 valence electrons. The molecule has 0 bridgehead atoms. The van der Waals surface area contributed by atoms with E-state index in [-0.39, 0.29) is 0 Å². The largest absolute Gasteiger partial charge is 0.0885 e. The Morgan fingerprint density at radius 2 is 1.20 bits per heavy atom. The second-order valence-electron chi connectivity index (χ2n) is 4.01. The van der Waals surface area contributed by atoms with Crippen molar-refractivity contribution >= 4 is 0 Å². The molecular formula is C15H27. The molecule has 0 rings (SSSR count). The summed E-state index contributed by atoms with van der Waals surface area (Å²) in [5, 5.41) is 0. The van der Waals surface area contributed by atoms with Gasteiger partial charge in [-0.05, 0) is 51.9 Å². The van der Waals surface area contributed by atoms with Crippen molar-refractivity contribution in [3.63, 3.8) is 0 Å². The van der Waals surface area contributed by atoms with Gasteiger partial charge in [-0.3, -0.25) is 0 Å². The lowest BCUT2D eigenvalue weighted by Crippen LogP contribution is -1.74. The van der Waals surface area contributed by atoms with Crippen LogP contribution in [0.3, 0.4) is 0 Å². The van der Waals surface area contributed by atoms with E-state index in [1.54, 1.807) is 0 Å². The van der Waals surface area contributed by atoms with Gasteiger partial charge in [0.1, 0.15) is 0 Å². The minimum Gasteiger partial charge on any atom is -0.0885 e. The lowest BCUT2D eigenvalue weighted by Gasteiger charge is -1.94. The van der Waals surface area contributed by atoms with Crippen LogP contribution >= 0.6 is 0 Å². The summed E-state index contributed by atoms with van der Waals surface area (Å²) in [5.74, 6) is 0. The average Bonchev–Trinajstić information content (AvgIpc) is 2.26. The SMILES string of the molecule is [CH2]CC=CCCCCC=CCCCCC. The summed E-state index contributed by atoms with van der Waals surface area (Å²) < 4.78 is 0. The maximum Gasteiger partial charge on any atom is -0.0351 e. The minimum atomic E-state index is 0.928. The first-order chi connectivity index (χ1) is 7.41. The van der Waals surface area contributed by atoms with Gasteiger partial charge in [-0.1, -0.05) is 44.1 Å². The molecule has 0 aliphatic carbocycles. The third kappa shape index (κ3) is 13.5. The van der Waals surface area contributed by atoms with Crippen LogP contribution in [0.15, 0.2) is 24.3 Å². The second kappa shape index (κ2) is 13.5. The fourth-order valence-electron chi connectivity index (χ4n) is 1.51. The first-order valence-electron chi connectivity index (χ1n) is 6.51. The minimum absolute atomic E-state index is 0.928. The Morgan fingerprint density at radius 3 is 1.67 bits per heavy atom. The maximum atomic E-state index is 3.77. The van der Waals surface area contributed by atoms with E-state index >= 15 is 0 Å². The Bertz CT molecular complexity index is 153. The summed E-state index contributed by atoms with van der Waals surface area (Å²) in [6.07, 6.45) is 20.5. The van der Waals surface area contributed by atoms with Crippen LogP contribution in [0.1, 0.15) is 64.7 Å². The highest BCUT2D eigenvalue weighted by Crippen LogP contribution is 2.04. The van der Waals surface area contributed by atoms with Crippen LogP contribution in [0, 0.1) is 6.92 Å². The predicted octanol–water partition coefficient (Wildman–Crippen LogP) is 5.46. The van der Waals surface area contributed by atoms with Crippen molar-refractivity contribution in [2.45, 2.75) is 64.7 Å². The van der Waals surface area contributed by atoms with E-state index < -0.39 is 0 Å². The van der Waals surface area contributed by atoms with E-state index in [0.717, 1.165) is 6.42 Å². The average molecular weight is 207 g/mol. The van der Waals surface area contributed by atoms with Gasteiger partial charge >= 0.3 is 0 Å².